The molecule has 2 heteroatoms. The minimum absolute atomic E-state index is 0.0865. The first kappa shape index (κ1) is 17.3. The molecule has 0 bridgehead atoms. The number of likely N-dealkylation sites (tertiary alicyclic amines) is 1. The number of hydrogen-bond donors (Lipinski definition) is 1. The van der Waals surface area contributed by atoms with Crippen LogP contribution in [0.1, 0.15) is 96.8 Å². The van der Waals surface area contributed by atoms with Gasteiger partial charge in [0.25, 0.3) is 0 Å². The fourth-order valence-electron chi connectivity index (χ4n) is 4.44. The molecular weight excluding hydrogens is 258 g/mol. The second-order valence-electron chi connectivity index (χ2n) is 7.34. The molecular formula is C19H37NO. The molecule has 2 nitrogen and oxygen atoms in total. The van der Waals surface area contributed by atoms with Crippen LogP contribution in [-0.2, 0) is 0 Å². The molecule has 1 aliphatic heterocycles. The highest BCUT2D eigenvalue weighted by molar-refractivity contribution is 4.86. The number of aliphatic hydroxyl groups is 1. The maximum absolute atomic E-state index is 10.8. The molecule has 1 heterocycles. The van der Waals surface area contributed by atoms with Crippen LogP contribution >= 0.6 is 0 Å². The molecule has 1 N–H and O–H groups in total. The molecule has 124 valence electrons. The zero-order valence-corrected chi connectivity index (χ0v) is 14.2. The summed E-state index contributed by atoms with van der Waals surface area (Å²) < 4.78 is 0. The monoisotopic (exact) mass is 295 g/mol. The van der Waals surface area contributed by atoms with Crippen molar-refractivity contribution in [2.75, 3.05) is 6.54 Å². The second-order valence-corrected chi connectivity index (χ2v) is 7.34. The molecule has 0 spiro atoms. The highest BCUT2D eigenvalue weighted by Gasteiger charge is 2.31. The third kappa shape index (κ3) is 5.56. The van der Waals surface area contributed by atoms with E-state index in [2.05, 4.69) is 11.8 Å². The fraction of sp³-hybridized carbons (Fsp3) is 1.00. The van der Waals surface area contributed by atoms with E-state index in [9.17, 15) is 5.11 Å². The zero-order chi connectivity index (χ0) is 14.9. The Morgan fingerprint density at radius 2 is 1.33 bits per heavy atom. The lowest BCUT2D eigenvalue weighted by Crippen LogP contribution is -2.51. The predicted octanol–water partition coefficient (Wildman–Crippen LogP) is 4.90. The Labute approximate surface area is 132 Å². The quantitative estimate of drug-likeness (QED) is 0.783. The minimum atomic E-state index is -0.0865. The van der Waals surface area contributed by atoms with Crippen LogP contribution in [0.3, 0.4) is 0 Å². The fourth-order valence-corrected chi connectivity index (χ4v) is 4.44. The minimum Gasteiger partial charge on any atom is -0.391 e. The van der Waals surface area contributed by atoms with Crippen LogP contribution in [0.2, 0.25) is 0 Å². The van der Waals surface area contributed by atoms with Crippen molar-refractivity contribution in [3.63, 3.8) is 0 Å². The summed E-state index contributed by atoms with van der Waals surface area (Å²) in [5.41, 5.74) is 0. The van der Waals surface area contributed by atoms with E-state index in [4.69, 9.17) is 0 Å². The van der Waals surface area contributed by atoms with Gasteiger partial charge in [-0.05, 0) is 38.6 Å². The van der Waals surface area contributed by atoms with Crippen molar-refractivity contribution in [1.29, 1.82) is 0 Å². The van der Waals surface area contributed by atoms with E-state index in [1.54, 1.807) is 0 Å². The maximum Gasteiger partial charge on any atom is 0.0695 e. The summed E-state index contributed by atoms with van der Waals surface area (Å²) in [7, 11) is 0. The smallest absolute Gasteiger partial charge is 0.0695 e. The Kier molecular flexibility index (Phi) is 8.10. The highest BCUT2D eigenvalue weighted by Crippen LogP contribution is 2.28. The average molecular weight is 296 g/mol. The standard InChI is InChI=1S/C19H37NO/c1-2-17-13-11-12-16-20(17)18-14-9-7-5-3-4-6-8-10-15-19(18)21/h17-19,21H,2-16H2,1H3. The summed E-state index contributed by atoms with van der Waals surface area (Å²) in [4.78, 5) is 2.69. The van der Waals surface area contributed by atoms with Crippen molar-refractivity contribution in [2.45, 2.75) is 115 Å². The molecule has 1 saturated heterocycles. The van der Waals surface area contributed by atoms with Gasteiger partial charge in [0.1, 0.15) is 0 Å². The van der Waals surface area contributed by atoms with Crippen LogP contribution in [0.4, 0.5) is 0 Å². The van der Waals surface area contributed by atoms with Crippen LogP contribution in [0, 0.1) is 0 Å². The lowest BCUT2D eigenvalue weighted by molar-refractivity contribution is -0.00364. The van der Waals surface area contributed by atoms with Crippen LogP contribution in [0.25, 0.3) is 0 Å². The van der Waals surface area contributed by atoms with Gasteiger partial charge in [-0.15, -0.1) is 0 Å². The van der Waals surface area contributed by atoms with Gasteiger partial charge in [0.2, 0.25) is 0 Å². The summed E-state index contributed by atoms with van der Waals surface area (Å²) in [5, 5.41) is 10.8. The zero-order valence-electron chi connectivity index (χ0n) is 14.2. The summed E-state index contributed by atoms with van der Waals surface area (Å²) in [6, 6.07) is 1.17. The van der Waals surface area contributed by atoms with Crippen LogP contribution in [-0.4, -0.2) is 34.7 Å². The van der Waals surface area contributed by atoms with E-state index in [1.165, 1.54) is 90.0 Å². The Hall–Kier alpha value is -0.0800. The molecule has 1 saturated carbocycles. The van der Waals surface area contributed by atoms with Crippen molar-refractivity contribution in [3.8, 4) is 0 Å². The molecule has 21 heavy (non-hydrogen) atoms. The van der Waals surface area contributed by atoms with Gasteiger partial charge in [0.15, 0.2) is 0 Å². The largest absolute Gasteiger partial charge is 0.391 e. The number of rotatable bonds is 2. The van der Waals surface area contributed by atoms with Crippen LogP contribution < -0.4 is 0 Å². The van der Waals surface area contributed by atoms with Gasteiger partial charge in [-0.25, -0.2) is 0 Å². The van der Waals surface area contributed by atoms with Gasteiger partial charge in [-0.2, -0.15) is 0 Å². The van der Waals surface area contributed by atoms with E-state index < -0.39 is 0 Å². The molecule has 0 aromatic carbocycles. The number of nitrogens with zero attached hydrogens (tertiary/aromatic N) is 1. The van der Waals surface area contributed by atoms with E-state index in [0.717, 1.165) is 12.5 Å². The Bertz CT molecular complexity index is 268. The maximum atomic E-state index is 10.8. The third-order valence-electron chi connectivity index (χ3n) is 5.76. The first-order valence-electron chi connectivity index (χ1n) is 9.76. The van der Waals surface area contributed by atoms with E-state index in [1.807, 2.05) is 0 Å². The topological polar surface area (TPSA) is 23.5 Å². The van der Waals surface area contributed by atoms with Gasteiger partial charge < -0.3 is 5.11 Å². The molecule has 3 unspecified atom stereocenters. The molecule has 0 radical (unpaired) electrons. The van der Waals surface area contributed by atoms with Crippen molar-refractivity contribution in [1.82, 2.24) is 4.90 Å². The third-order valence-corrected chi connectivity index (χ3v) is 5.76. The molecule has 0 amide bonds. The van der Waals surface area contributed by atoms with Crippen molar-refractivity contribution in [2.24, 2.45) is 0 Å². The predicted molar refractivity (Wildman–Crippen MR) is 90.6 cm³/mol. The van der Waals surface area contributed by atoms with Crippen molar-refractivity contribution >= 4 is 0 Å². The molecule has 0 aromatic heterocycles. The highest BCUT2D eigenvalue weighted by atomic mass is 16.3. The summed E-state index contributed by atoms with van der Waals surface area (Å²) in [6.07, 6.45) is 18.3. The van der Waals surface area contributed by atoms with E-state index >= 15 is 0 Å². The molecule has 3 atom stereocenters. The van der Waals surface area contributed by atoms with Crippen LogP contribution in [0.15, 0.2) is 0 Å². The summed E-state index contributed by atoms with van der Waals surface area (Å²) >= 11 is 0. The Morgan fingerprint density at radius 1 is 0.762 bits per heavy atom. The van der Waals surface area contributed by atoms with Crippen LogP contribution in [0.5, 0.6) is 0 Å². The number of piperidine rings is 1. The molecule has 2 rings (SSSR count). The SMILES string of the molecule is CCC1CCCCN1C1CCCCCCCCCCC1O. The van der Waals surface area contributed by atoms with Crippen molar-refractivity contribution in [3.05, 3.63) is 0 Å². The van der Waals surface area contributed by atoms with E-state index in [-0.39, 0.29) is 6.10 Å². The Balaban J connectivity index is 1.96. The Morgan fingerprint density at radius 3 is 2.00 bits per heavy atom. The van der Waals surface area contributed by atoms with Gasteiger partial charge >= 0.3 is 0 Å². The molecule has 2 fully saturated rings. The van der Waals surface area contributed by atoms with Gasteiger partial charge in [-0.3, -0.25) is 4.90 Å². The van der Waals surface area contributed by atoms with Gasteiger partial charge in [0, 0.05) is 12.1 Å². The van der Waals surface area contributed by atoms with Gasteiger partial charge in [-0.1, -0.05) is 64.7 Å². The molecule has 2 aliphatic rings. The first-order valence-corrected chi connectivity index (χ1v) is 9.76. The van der Waals surface area contributed by atoms with Gasteiger partial charge in [0.05, 0.1) is 6.10 Å². The summed E-state index contributed by atoms with van der Waals surface area (Å²) in [5.74, 6) is 0. The summed E-state index contributed by atoms with van der Waals surface area (Å²) in [6.45, 7) is 3.55. The molecule has 0 aromatic rings. The van der Waals surface area contributed by atoms with Crippen molar-refractivity contribution < 1.29 is 5.11 Å². The number of aliphatic hydroxyl groups excluding tert-OH is 1. The second kappa shape index (κ2) is 9.84. The van der Waals surface area contributed by atoms with E-state index in [0.29, 0.717) is 6.04 Å². The normalized spacial score (nSPS) is 34.9. The average Bonchev–Trinajstić information content (AvgIpc) is 2.51. The molecule has 1 aliphatic carbocycles. The lowest BCUT2D eigenvalue weighted by Gasteiger charge is -2.43. The first-order chi connectivity index (χ1) is 10.3. The number of hydrogen-bond acceptors (Lipinski definition) is 2. The lowest BCUT2D eigenvalue weighted by atomic mass is 9.90.